The van der Waals surface area contributed by atoms with E-state index in [9.17, 15) is 9.59 Å². The lowest BCUT2D eigenvalue weighted by Crippen LogP contribution is -2.47. The fourth-order valence-corrected chi connectivity index (χ4v) is 11.1. The van der Waals surface area contributed by atoms with Crippen LogP contribution in [0.4, 0.5) is 0 Å². The summed E-state index contributed by atoms with van der Waals surface area (Å²) >= 11 is 3.52. The van der Waals surface area contributed by atoms with Crippen LogP contribution in [0.2, 0.25) is 0 Å². The fourth-order valence-electron chi connectivity index (χ4n) is 10.8. The molecule has 0 atom stereocenters. The van der Waals surface area contributed by atoms with E-state index in [1.165, 1.54) is 79.2 Å². The highest BCUT2D eigenvalue weighted by molar-refractivity contribution is 9.10. The van der Waals surface area contributed by atoms with E-state index in [-0.39, 0.29) is 23.9 Å². The number of likely N-dealkylation sites (tertiary alicyclic amines) is 2. The Morgan fingerprint density at radius 3 is 1.37 bits per heavy atom. The molecule has 2 amide bonds. The van der Waals surface area contributed by atoms with Crippen LogP contribution in [-0.2, 0) is 25.9 Å². The van der Waals surface area contributed by atoms with E-state index in [0.29, 0.717) is 29.9 Å². The molecule has 82 heavy (non-hydrogen) atoms. The number of halogens is 1. The average Bonchev–Trinajstić information content (AvgIpc) is 3.49. The highest BCUT2D eigenvalue weighted by atomic mass is 79.9. The number of carbonyl (C=O) groups is 2. The topological polar surface area (TPSA) is 113 Å². The first-order valence-electron chi connectivity index (χ1n) is 30.9. The molecular weight excluding hydrogens is 1080 g/mol. The third-order valence-corrected chi connectivity index (χ3v) is 16.6. The van der Waals surface area contributed by atoms with Gasteiger partial charge in [-0.1, -0.05) is 191 Å². The van der Waals surface area contributed by atoms with Crippen molar-refractivity contribution in [3.63, 3.8) is 0 Å². The molecule has 2 aliphatic heterocycles. The first-order chi connectivity index (χ1) is 39.6. The third-order valence-electron chi connectivity index (χ3n) is 16.1. The summed E-state index contributed by atoms with van der Waals surface area (Å²) in [5, 5.41) is 17.4. The number of aromatic nitrogens is 2. The lowest BCUT2D eigenvalue weighted by molar-refractivity contribution is 0.0534. The quantitative estimate of drug-likeness (QED) is 0.0455. The monoisotopic (exact) mass is 1170 g/mol. The molecule has 440 valence electrons. The van der Waals surface area contributed by atoms with Crippen molar-refractivity contribution >= 4 is 40.3 Å². The summed E-state index contributed by atoms with van der Waals surface area (Å²) in [5.74, 6) is 1.56. The smallest absolute Gasteiger partial charge is 0.423 e. The Morgan fingerprint density at radius 2 is 0.988 bits per heavy atom. The number of benzene rings is 4. The molecule has 2 aliphatic rings. The maximum absolute atomic E-state index is 13.9. The van der Waals surface area contributed by atoms with Gasteiger partial charge in [-0.3, -0.25) is 19.6 Å². The van der Waals surface area contributed by atoms with Crippen molar-refractivity contribution in [3.05, 3.63) is 183 Å². The van der Waals surface area contributed by atoms with Crippen molar-refractivity contribution < 1.29 is 19.6 Å². The van der Waals surface area contributed by atoms with Crippen LogP contribution in [0, 0.1) is 25.7 Å². The lowest BCUT2D eigenvalue weighted by Gasteiger charge is -2.38. The van der Waals surface area contributed by atoms with Gasteiger partial charge in [0.1, 0.15) is 11.4 Å². The second-order valence-corrected chi connectivity index (χ2v) is 24.8. The van der Waals surface area contributed by atoms with E-state index in [1.807, 2.05) is 37.5 Å². The van der Waals surface area contributed by atoms with Crippen LogP contribution in [-0.4, -0.2) is 110 Å². The molecule has 12 heteroatoms. The van der Waals surface area contributed by atoms with Gasteiger partial charge in [-0.05, 0) is 166 Å². The normalized spacial score (nSPS) is 14.2. The molecule has 0 unspecified atom stereocenters. The minimum absolute atomic E-state index is 0.0542. The number of unbranched alkanes of at least 4 members (excludes halogenated alkanes) is 4. The summed E-state index contributed by atoms with van der Waals surface area (Å²) < 4.78 is 1.06. The Balaban J connectivity index is 0.000000227. The van der Waals surface area contributed by atoms with Crippen LogP contribution >= 0.6 is 15.9 Å². The van der Waals surface area contributed by atoms with Gasteiger partial charge in [0.15, 0.2) is 0 Å². The first kappa shape index (κ1) is 65.7. The molecule has 0 aliphatic carbocycles. The van der Waals surface area contributed by atoms with E-state index in [1.54, 1.807) is 18.2 Å². The van der Waals surface area contributed by atoms with Gasteiger partial charge in [0.2, 0.25) is 0 Å². The summed E-state index contributed by atoms with van der Waals surface area (Å²) in [5.41, 5.74) is 11.2. The zero-order chi connectivity index (χ0) is 58.8. The molecule has 2 N–H and O–H groups in total. The largest absolute Gasteiger partial charge is 0.488 e. The predicted octanol–water partition coefficient (Wildman–Crippen LogP) is 14.3. The molecule has 4 heterocycles. The van der Waals surface area contributed by atoms with Gasteiger partial charge >= 0.3 is 7.12 Å². The Hall–Kier alpha value is -5.50. The van der Waals surface area contributed by atoms with Crippen molar-refractivity contribution in [3.8, 4) is 11.1 Å². The Bertz CT molecular complexity index is 2780. The summed E-state index contributed by atoms with van der Waals surface area (Å²) in [7, 11) is -1.35. The maximum Gasteiger partial charge on any atom is 0.488 e. The van der Waals surface area contributed by atoms with Gasteiger partial charge in [-0.25, -0.2) is 0 Å². The Labute approximate surface area is 502 Å². The Kier molecular flexibility index (Phi) is 28.0. The summed E-state index contributed by atoms with van der Waals surface area (Å²) in [4.78, 5) is 46.0. The lowest BCUT2D eigenvalue weighted by atomic mass is 9.80. The SMILES string of the molecule is CCCCCc1ccc(C(=O)N(Cc2ccc(-c3cccc(C)c3)cc2)C2CCN(CCC(C)C)CC2)nc1.CCCCCc1ccc(C(=O)N(Cc2ccc(Br)cc2)C2CCN(CCC(C)C)CC2)nc1.Cc1cccc(B(O)O)c1. The van der Waals surface area contributed by atoms with Crippen molar-refractivity contribution in [1.29, 1.82) is 0 Å². The minimum Gasteiger partial charge on any atom is -0.423 e. The number of aryl methyl sites for hydroxylation is 4. The summed E-state index contributed by atoms with van der Waals surface area (Å²) in [6, 6.07) is 41.3. The minimum atomic E-state index is -1.35. The maximum atomic E-state index is 13.9. The molecule has 8 rings (SSSR count). The second kappa shape index (κ2) is 35.0. The average molecular weight is 1180 g/mol. The van der Waals surface area contributed by atoms with E-state index < -0.39 is 7.12 Å². The molecule has 0 radical (unpaired) electrons. The van der Waals surface area contributed by atoms with Gasteiger partial charge in [0.05, 0.1) is 0 Å². The molecule has 2 saturated heterocycles. The Morgan fingerprint density at radius 1 is 0.561 bits per heavy atom. The number of nitrogens with zero attached hydrogens (tertiary/aromatic N) is 6. The molecule has 2 fully saturated rings. The van der Waals surface area contributed by atoms with E-state index in [2.05, 4.69) is 179 Å². The third kappa shape index (κ3) is 22.3. The number of piperidine rings is 2. The highest BCUT2D eigenvalue weighted by Crippen LogP contribution is 2.27. The molecule has 6 aromatic rings. The van der Waals surface area contributed by atoms with Crippen molar-refractivity contribution in [1.82, 2.24) is 29.6 Å². The van der Waals surface area contributed by atoms with Crippen LogP contribution in [0.15, 0.2) is 138 Å². The molecular formula is C70H96BBrN6O4. The number of pyridine rings is 2. The molecule has 0 bridgehead atoms. The van der Waals surface area contributed by atoms with Gasteiger partial charge in [0, 0.05) is 68.2 Å². The highest BCUT2D eigenvalue weighted by Gasteiger charge is 2.31. The first-order valence-corrected chi connectivity index (χ1v) is 31.7. The van der Waals surface area contributed by atoms with Gasteiger partial charge in [0.25, 0.3) is 11.8 Å². The van der Waals surface area contributed by atoms with Crippen LogP contribution in [0.25, 0.3) is 11.1 Å². The van der Waals surface area contributed by atoms with Gasteiger partial charge < -0.3 is 29.6 Å². The second-order valence-electron chi connectivity index (χ2n) is 23.9. The van der Waals surface area contributed by atoms with Crippen LogP contribution in [0.1, 0.15) is 173 Å². The summed E-state index contributed by atoms with van der Waals surface area (Å²) in [6.45, 7) is 25.4. The van der Waals surface area contributed by atoms with Crippen molar-refractivity contribution in [2.24, 2.45) is 11.8 Å². The van der Waals surface area contributed by atoms with Gasteiger partial charge in [-0.2, -0.15) is 0 Å². The molecule has 4 aromatic carbocycles. The van der Waals surface area contributed by atoms with Crippen LogP contribution in [0.3, 0.4) is 0 Å². The van der Waals surface area contributed by atoms with Crippen LogP contribution < -0.4 is 5.46 Å². The predicted molar refractivity (Wildman–Crippen MR) is 344 cm³/mol. The molecule has 2 aromatic heterocycles. The zero-order valence-corrected chi connectivity index (χ0v) is 52.5. The number of hydrogen-bond acceptors (Lipinski definition) is 8. The van der Waals surface area contributed by atoms with Crippen molar-refractivity contribution in [2.75, 3.05) is 39.3 Å². The van der Waals surface area contributed by atoms with Gasteiger partial charge in [-0.15, -0.1) is 0 Å². The number of carbonyl (C=O) groups excluding carboxylic acids is 2. The molecule has 0 spiro atoms. The van der Waals surface area contributed by atoms with Crippen molar-refractivity contribution in [2.45, 2.75) is 170 Å². The van der Waals surface area contributed by atoms with E-state index in [0.717, 1.165) is 111 Å². The number of amides is 2. The fraction of sp³-hybridized carbons (Fsp3) is 0.486. The zero-order valence-electron chi connectivity index (χ0n) is 50.9. The van der Waals surface area contributed by atoms with Crippen LogP contribution in [0.5, 0.6) is 0 Å². The number of hydrogen-bond donors (Lipinski definition) is 2. The molecule has 0 saturated carbocycles. The summed E-state index contributed by atoms with van der Waals surface area (Å²) in [6.07, 6.45) is 19.6. The standard InChI is InChI=1S/C35H47N3O.C28H40BrN3O.C7H9BO2/c1-5-6-7-10-29-14-17-34(36-25-29)35(39)38(33-19-22-37(23-20-33)21-18-27(2)3)26-30-12-15-31(16-13-30)32-11-8-9-28(4)24-32;1-4-5-6-7-23-10-13-27(30-20-23)28(33)32(21-24-8-11-25(29)12-9-24)26-15-18-31(19-16-26)17-14-22(2)3;1-6-3-2-4-7(5-6)8(9)10/h8-9,11-17,24-25,27,33H,5-7,10,18-23,26H2,1-4H3;8-13,20,22,26H,4-7,14-19,21H2,1-3H3;2-5,9-10H,1H3. The van der Waals surface area contributed by atoms with E-state index in [4.69, 9.17) is 10.0 Å². The number of rotatable bonds is 24. The van der Waals surface area contributed by atoms with E-state index >= 15 is 0 Å². The molecule has 10 nitrogen and oxygen atoms in total.